The van der Waals surface area contributed by atoms with Gasteiger partial charge in [0.15, 0.2) is 5.65 Å². The molecule has 3 aromatic rings. The molecule has 0 fully saturated rings. The van der Waals surface area contributed by atoms with Crippen molar-refractivity contribution in [1.29, 1.82) is 0 Å². The Labute approximate surface area is 157 Å². The van der Waals surface area contributed by atoms with E-state index in [-0.39, 0.29) is 17.7 Å². The standard InChI is InChI=1S/C20H23N5O2/c1-11(2)17-10-16(18-12(3)24-25(5)19(18)23-17)20(27)22-15-8-6-7-14(9-15)21-13(4)26/h6-11H,1-5H3,(H,21,26)(H,22,27). The van der Waals surface area contributed by atoms with Gasteiger partial charge in [0.25, 0.3) is 5.91 Å². The molecular formula is C20H23N5O2. The SMILES string of the molecule is CC(=O)Nc1cccc(NC(=O)c2cc(C(C)C)nc3c2c(C)nn3C)c1. The van der Waals surface area contributed by atoms with Crippen LogP contribution in [0.25, 0.3) is 11.0 Å². The van der Waals surface area contributed by atoms with Crippen LogP contribution in [0.4, 0.5) is 11.4 Å². The largest absolute Gasteiger partial charge is 0.326 e. The van der Waals surface area contributed by atoms with Crippen LogP contribution in [0, 0.1) is 6.92 Å². The van der Waals surface area contributed by atoms with E-state index >= 15 is 0 Å². The van der Waals surface area contributed by atoms with Crippen LogP contribution in [0.2, 0.25) is 0 Å². The Morgan fingerprint density at radius 1 is 1.11 bits per heavy atom. The zero-order valence-corrected chi connectivity index (χ0v) is 16.1. The summed E-state index contributed by atoms with van der Waals surface area (Å²) in [6.07, 6.45) is 0. The first-order chi connectivity index (χ1) is 12.8. The number of fused-ring (bicyclic) bond motifs is 1. The molecule has 0 atom stereocenters. The second-order valence-corrected chi connectivity index (χ2v) is 6.87. The number of pyridine rings is 1. The van der Waals surface area contributed by atoms with Gasteiger partial charge in [0, 0.05) is 31.0 Å². The number of carbonyl (C=O) groups is 2. The lowest BCUT2D eigenvalue weighted by molar-refractivity contribution is -0.114. The summed E-state index contributed by atoms with van der Waals surface area (Å²) in [5.74, 6) is -0.221. The minimum atomic E-state index is -0.236. The number of nitrogens with one attached hydrogen (secondary N) is 2. The maximum absolute atomic E-state index is 13.0. The summed E-state index contributed by atoms with van der Waals surface area (Å²) >= 11 is 0. The molecule has 140 valence electrons. The van der Waals surface area contributed by atoms with Crippen LogP contribution in [0.15, 0.2) is 30.3 Å². The summed E-state index contributed by atoms with van der Waals surface area (Å²) in [5, 5.41) is 10.8. The minimum Gasteiger partial charge on any atom is -0.326 e. The molecule has 0 saturated carbocycles. The van der Waals surface area contributed by atoms with Crippen LogP contribution in [0.3, 0.4) is 0 Å². The Kier molecular flexibility index (Phi) is 4.94. The second kappa shape index (κ2) is 7.19. The van der Waals surface area contributed by atoms with Gasteiger partial charge >= 0.3 is 0 Å². The highest BCUT2D eigenvalue weighted by Crippen LogP contribution is 2.26. The molecule has 2 N–H and O–H groups in total. The third-order valence-corrected chi connectivity index (χ3v) is 4.27. The van der Waals surface area contributed by atoms with E-state index in [0.717, 1.165) is 16.8 Å². The van der Waals surface area contributed by atoms with Crippen LogP contribution in [0.5, 0.6) is 0 Å². The Balaban J connectivity index is 2.02. The lowest BCUT2D eigenvalue weighted by atomic mass is 10.0. The van der Waals surface area contributed by atoms with E-state index < -0.39 is 0 Å². The van der Waals surface area contributed by atoms with Gasteiger partial charge < -0.3 is 10.6 Å². The van der Waals surface area contributed by atoms with Crippen molar-refractivity contribution < 1.29 is 9.59 Å². The molecule has 2 heterocycles. The number of rotatable bonds is 4. The topological polar surface area (TPSA) is 88.9 Å². The van der Waals surface area contributed by atoms with Crippen LogP contribution < -0.4 is 10.6 Å². The lowest BCUT2D eigenvalue weighted by Gasteiger charge is -2.11. The van der Waals surface area contributed by atoms with E-state index in [0.29, 0.717) is 22.6 Å². The van der Waals surface area contributed by atoms with Crippen LogP contribution in [-0.4, -0.2) is 26.6 Å². The quantitative estimate of drug-likeness (QED) is 0.739. The Morgan fingerprint density at radius 2 is 1.78 bits per heavy atom. The smallest absolute Gasteiger partial charge is 0.256 e. The van der Waals surface area contributed by atoms with Crippen molar-refractivity contribution in [2.24, 2.45) is 7.05 Å². The minimum absolute atomic E-state index is 0.165. The fraction of sp³-hybridized carbons (Fsp3) is 0.300. The predicted molar refractivity (Wildman–Crippen MR) is 106 cm³/mol. The number of amides is 2. The van der Waals surface area contributed by atoms with Crippen molar-refractivity contribution >= 4 is 34.2 Å². The molecule has 7 heteroatoms. The lowest BCUT2D eigenvalue weighted by Crippen LogP contribution is -2.14. The van der Waals surface area contributed by atoms with Crippen molar-refractivity contribution in [2.75, 3.05) is 10.6 Å². The average molecular weight is 365 g/mol. The predicted octanol–water partition coefficient (Wildman–Crippen LogP) is 3.61. The van der Waals surface area contributed by atoms with Crippen LogP contribution in [0.1, 0.15) is 48.4 Å². The van der Waals surface area contributed by atoms with Crippen molar-refractivity contribution in [3.63, 3.8) is 0 Å². The van der Waals surface area contributed by atoms with E-state index in [1.165, 1.54) is 6.92 Å². The molecule has 0 radical (unpaired) electrons. The van der Waals surface area contributed by atoms with Gasteiger partial charge in [-0.15, -0.1) is 0 Å². The van der Waals surface area contributed by atoms with Gasteiger partial charge in [0.1, 0.15) is 0 Å². The molecule has 27 heavy (non-hydrogen) atoms. The molecule has 0 bridgehead atoms. The first kappa shape index (κ1) is 18.6. The summed E-state index contributed by atoms with van der Waals surface area (Å²) in [5.41, 5.74) is 4.05. The number of aryl methyl sites for hydroxylation is 2. The molecule has 0 unspecified atom stereocenters. The maximum atomic E-state index is 13.0. The van der Waals surface area contributed by atoms with E-state index in [1.54, 1.807) is 28.9 Å². The van der Waals surface area contributed by atoms with Gasteiger partial charge in [-0.2, -0.15) is 5.10 Å². The van der Waals surface area contributed by atoms with Gasteiger partial charge in [-0.25, -0.2) is 4.98 Å². The van der Waals surface area contributed by atoms with Gasteiger partial charge in [0.2, 0.25) is 5.91 Å². The summed E-state index contributed by atoms with van der Waals surface area (Å²) in [7, 11) is 1.82. The summed E-state index contributed by atoms with van der Waals surface area (Å²) in [6.45, 7) is 7.39. The number of benzene rings is 1. The third-order valence-electron chi connectivity index (χ3n) is 4.27. The number of hydrogen-bond donors (Lipinski definition) is 2. The molecule has 0 saturated heterocycles. The molecule has 2 amide bonds. The zero-order chi connectivity index (χ0) is 19.7. The summed E-state index contributed by atoms with van der Waals surface area (Å²) in [4.78, 5) is 28.9. The van der Waals surface area contributed by atoms with Gasteiger partial charge in [-0.05, 0) is 37.1 Å². The van der Waals surface area contributed by atoms with Crippen LogP contribution >= 0.6 is 0 Å². The highest BCUT2D eigenvalue weighted by molar-refractivity contribution is 6.12. The van der Waals surface area contributed by atoms with Crippen molar-refractivity contribution in [3.05, 3.63) is 47.3 Å². The third kappa shape index (κ3) is 3.81. The van der Waals surface area contributed by atoms with Crippen molar-refractivity contribution in [2.45, 2.75) is 33.6 Å². The average Bonchev–Trinajstić information content (AvgIpc) is 2.88. The number of hydrogen-bond acceptors (Lipinski definition) is 4. The van der Waals surface area contributed by atoms with E-state index in [1.807, 2.05) is 33.9 Å². The normalized spacial score (nSPS) is 11.0. The highest BCUT2D eigenvalue weighted by Gasteiger charge is 2.19. The Hall–Kier alpha value is -3.22. The molecule has 1 aromatic carbocycles. The van der Waals surface area contributed by atoms with Crippen molar-refractivity contribution in [3.8, 4) is 0 Å². The number of aromatic nitrogens is 3. The second-order valence-electron chi connectivity index (χ2n) is 6.87. The van der Waals surface area contributed by atoms with E-state index in [4.69, 9.17) is 0 Å². The monoisotopic (exact) mass is 365 g/mol. The highest BCUT2D eigenvalue weighted by atomic mass is 16.2. The van der Waals surface area contributed by atoms with E-state index in [9.17, 15) is 9.59 Å². The van der Waals surface area contributed by atoms with Crippen molar-refractivity contribution in [1.82, 2.24) is 14.8 Å². The summed E-state index contributed by atoms with van der Waals surface area (Å²) in [6, 6.07) is 8.87. The Bertz CT molecular complexity index is 1040. The Morgan fingerprint density at radius 3 is 2.41 bits per heavy atom. The molecule has 0 aliphatic heterocycles. The number of anilines is 2. The molecule has 2 aromatic heterocycles. The zero-order valence-electron chi connectivity index (χ0n) is 16.1. The first-order valence-electron chi connectivity index (χ1n) is 8.79. The fourth-order valence-electron chi connectivity index (χ4n) is 3.02. The number of nitrogens with zero attached hydrogens (tertiary/aromatic N) is 3. The fourth-order valence-corrected chi connectivity index (χ4v) is 3.02. The van der Waals surface area contributed by atoms with E-state index in [2.05, 4.69) is 20.7 Å². The maximum Gasteiger partial charge on any atom is 0.256 e. The number of carbonyl (C=O) groups excluding carboxylic acids is 2. The molecule has 7 nitrogen and oxygen atoms in total. The molecule has 0 aliphatic carbocycles. The molecular weight excluding hydrogens is 342 g/mol. The van der Waals surface area contributed by atoms with Gasteiger partial charge in [-0.1, -0.05) is 19.9 Å². The molecule has 0 aliphatic rings. The summed E-state index contributed by atoms with van der Waals surface area (Å²) < 4.78 is 1.70. The first-order valence-corrected chi connectivity index (χ1v) is 8.79. The van der Waals surface area contributed by atoms with Gasteiger partial charge in [-0.3, -0.25) is 14.3 Å². The van der Waals surface area contributed by atoms with Gasteiger partial charge in [0.05, 0.1) is 16.6 Å². The molecule has 3 rings (SSSR count). The molecule has 0 spiro atoms. The van der Waals surface area contributed by atoms with Crippen LogP contribution in [-0.2, 0) is 11.8 Å².